The number of amides is 1. The van der Waals surface area contributed by atoms with E-state index in [2.05, 4.69) is 31.3 Å². The number of unbranched alkanes of at least 4 members (excludes halogenated alkanes) is 42. The molecule has 0 aliphatic carbocycles. The fourth-order valence-electron chi connectivity index (χ4n) is 9.28. The van der Waals surface area contributed by atoms with Crippen LogP contribution in [0.3, 0.4) is 0 Å². The van der Waals surface area contributed by atoms with Gasteiger partial charge in [0, 0.05) is 12.8 Å². The summed E-state index contributed by atoms with van der Waals surface area (Å²) in [7, 11) is 0. The highest BCUT2D eigenvalue weighted by Gasteiger charge is 2.20. The molecule has 386 valence electrons. The van der Waals surface area contributed by atoms with E-state index in [1.165, 1.54) is 257 Å². The number of hydrogen-bond donors (Lipinski definition) is 3. The topological polar surface area (TPSA) is 95.9 Å². The molecule has 0 saturated carbocycles. The van der Waals surface area contributed by atoms with Gasteiger partial charge in [-0.2, -0.15) is 0 Å². The van der Waals surface area contributed by atoms with Crippen LogP contribution in [0.2, 0.25) is 0 Å². The third-order valence-electron chi connectivity index (χ3n) is 13.8. The molecule has 0 aromatic heterocycles. The maximum Gasteiger partial charge on any atom is 0.305 e. The molecule has 0 bridgehead atoms. The molecule has 2 atom stereocenters. The first kappa shape index (κ1) is 63.6. The lowest BCUT2D eigenvalue weighted by atomic mass is 10.0. The Kier molecular flexibility index (Phi) is 54.0. The van der Waals surface area contributed by atoms with Gasteiger partial charge in [-0.05, 0) is 51.4 Å². The average Bonchev–Trinajstić information content (AvgIpc) is 3.31. The van der Waals surface area contributed by atoms with Crippen molar-refractivity contribution < 1.29 is 24.5 Å². The van der Waals surface area contributed by atoms with Crippen molar-refractivity contribution in [1.29, 1.82) is 0 Å². The van der Waals surface area contributed by atoms with Gasteiger partial charge in [-0.25, -0.2) is 0 Å². The van der Waals surface area contributed by atoms with Crippen LogP contribution in [0.25, 0.3) is 0 Å². The Labute approximate surface area is 406 Å². The normalized spacial score (nSPS) is 12.6. The van der Waals surface area contributed by atoms with E-state index in [-0.39, 0.29) is 18.5 Å². The first-order valence-corrected chi connectivity index (χ1v) is 29.4. The molecule has 1 amide bonds. The molecule has 0 aliphatic rings. The number of allylic oxidation sites excluding steroid dienone is 2. The molecule has 0 fully saturated rings. The highest BCUT2D eigenvalue weighted by molar-refractivity contribution is 5.76. The molecule has 0 spiro atoms. The van der Waals surface area contributed by atoms with Gasteiger partial charge in [0.05, 0.1) is 25.4 Å². The third-order valence-corrected chi connectivity index (χ3v) is 13.8. The van der Waals surface area contributed by atoms with Crippen molar-refractivity contribution in [1.82, 2.24) is 5.32 Å². The van der Waals surface area contributed by atoms with Crippen LogP contribution >= 0.6 is 0 Å². The summed E-state index contributed by atoms with van der Waals surface area (Å²) in [5.41, 5.74) is 0. The Morgan fingerprint density at radius 3 is 1.09 bits per heavy atom. The van der Waals surface area contributed by atoms with Gasteiger partial charge in [0.25, 0.3) is 0 Å². The molecule has 0 aromatic rings. The lowest BCUT2D eigenvalue weighted by Crippen LogP contribution is -2.45. The van der Waals surface area contributed by atoms with Crippen LogP contribution in [0.5, 0.6) is 0 Å². The molecular weight excluding hydrogens is 803 g/mol. The summed E-state index contributed by atoms with van der Waals surface area (Å²) in [4.78, 5) is 24.4. The fourth-order valence-corrected chi connectivity index (χ4v) is 9.28. The van der Waals surface area contributed by atoms with E-state index in [1.54, 1.807) is 0 Å². The van der Waals surface area contributed by atoms with Crippen LogP contribution in [-0.2, 0) is 14.3 Å². The van der Waals surface area contributed by atoms with Crippen molar-refractivity contribution >= 4 is 11.9 Å². The highest BCUT2D eigenvalue weighted by Crippen LogP contribution is 2.17. The first-order chi connectivity index (χ1) is 32.0. The SMILES string of the molecule is CCCCCCCCCCCCCC(=O)OCCCCCCCCCCCCCC/C=C\CCCCCCCCCCCCC(=O)NC(CO)C(O)CCCCCCCCCCCCC. The highest BCUT2D eigenvalue weighted by atomic mass is 16.5. The number of carbonyl (C=O) groups excluding carboxylic acids is 2. The lowest BCUT2D eigenvalue weighted by molar-refractivity contribution is -0.143. The van der Waals surface area contributed by atoms with Crippen molar-refractivity contribution in [3.8, 4) is 0 Å². The molecule has 0 heterocycles. The van der Waals surface area contributed by atoms with Gasteiger partial charge < -0.3 is 20.3 Å². The zero-order valence-electron chi connectivity index (χ0n) is 44.0. The van der Waals surface area contributed by atoms with Crippen molar-refractivity contribution in [2.75, 3.05) is 13.2 Å². The number of ether oxygens (including phenoxy) is 1. The maximum absolute atomic E-state index is 12.4. The summed E-state index contributed by atoms with van der Waals surface area (Å²) in [6, 6.07) is -0.540. The van der Waals surface area contributed by atoms with E-state index in [1.807, 2.05) is 0 Å². The van der Waals surface area contributed by atoms with Crippen molar-refractivity contribution in [2.45, 2.75) is 341 Å². The van der Waals surface area contributed by atoms with E-state index < -0.39 is 12.1 Å². The summed E-state index contributed by atoms with van der Waals surface area (Å²) >= 11 is 0. The Morgan fingerprint density at radius 2 is 0.723 bits per heavy atom. The van der Waals surface area contributed by atoms with E-state index in [0.717, 1.165) is 38.5 Å². The standard InChI is InChI=1S/C59H115NO5/c1-3-5-7-9-11-13-31-35-39-43-47-51-57(62)56(55-61)60-58(63)52-48-44-40-36-33-29-27-25-23-21-19-17-15-16-18-20-22-24-26-28-30-34-38-42-46-50-54-65-59(64)53-49-45-41-37-32-14-12-10-8-6-4-2/h15,17,56-57,61-62H,3-14,16,18-55H2,1-2H3,(H,60,63)/b17-15-. The van der Waals surface area contributed by atoms with Gasteiger partial charge in [0.1, 0.15) is 0 Å². The zero-order valence-corrected chi connectivity index (χ0v) is 44.0. The summed E-state index contributed by atoms with van der Waals surface area (Å²) in [6.07, 6.45) is 65.1. The minimum Gasteiger partial charge on any atom is -0.466 e. The van der Waals surface area contributed by atoms with E-state index in [4.69, 9.17) is 4.74 Å². The van der Waals surface area contributed by atoms with Crippen LogP contribution < -0.4 is 5.32 Å². The summed E-state index contributed by atoms with van der Waals surface area (Å²) < 4.78 is 5.46. The van der Waals surface area contributed by atoms with Crippen molar-refractivity contribution in [2.24, 2.45) is 0 Å². The van der Waals surface area contributed by atoms with Crippen LogP contribution in [0.4, 0.5) is 0 Å². The monoisotopic (exact) mass is 918 g/mol. The number of aliphatic hydroxyl groups is 2. The molecule has 6 nitrogen and oxygen atoms in total. The lowest BCUT2D eigenvalue weighted by Gasteiger charge is -2.22. The molecule has 0 rings (SSSR count). The number of rotatable bonds is 55. The quantitative estimate of drug-likeness (QED) is 0.0321. The van der Waals surface area contributed by atoms with E-state index in [0.29, 0.717) is 25.9 Å². The summed E-state index contributed by atoms with van der Waals surface area (Å²) in [5, 5.41) is 23.2. The minimum atomic E-state index is -0.663. The summed E-state index contributed by atoms with van der Waals surface area (Å²) in [6.45, 7) is 4.95. The molecule has 0 aromatic carbocycles. The second-order valence-electron chi connectivity index (χ2n) is 20.3. The van der Waals surface area contributed by atoms with Crippen LogP contribution in [0.15, 0.2) is 12.2 Å². The molecule has 2 unspecified atom stereocenters. The van der Waals surface area contributed by atoms with Gasteiger partial charge in [-0.15, -0.1) is 0 Å². The Hall–Kier alpha value is -1.40. The number of hydrogen-bond acceptors (Lipinski definition) is 5. The second-order valence-corrected chi connectivity index (χ2v) is 20.3. The molecule has 0 radical (unpaired) electrons. The van der Waals surface area contributed by atoms with Crippen molar-refractivity contribution in [3.05, 3.63) is 12.2 Å². The number of esters is 1. The van der Waals surface area contributed by atoms with Crippen LogP contribution in [-0.4, -0.2) is 47.4 Å². The predicted octanol–water partition coefficient (Wildman–Crippen LogP) is 18.1. The Morgan fingerprint density at radius 1 is 0.415 bits per heavy atom. The molecular formula is C59H115NO5. The maximum atomic E-state index is 12.4. The van der Waals surface area contributed by atoms with Crippen LogP contribution in [0.1, 0.15) is 328 Å². The van der Waals surface area contributed by atoms with Gasteiger partial charge >= 0.3 is 5.97 Å². The van der Waals surface area contributed by atoms with Gasteiger partial charge in [0.2, 0.25) is 5.91 Å². The smallest absolute Gasteiger partial charge is 0.305 e. The zero-order chi connectivity index (χ0) is 47.2. The minimum absolute atomic E-state index is 0.0143. The fraction of sp³-hybridized carbons (Fsp3) is 0.932. The first-order valence-electron chi connectivity index (χ1n) is 29.4. The molecule has 3 N–H and O–H groups in total. The van der Waals surface area contributed by atoms with Gasteiger partial charge in [0.15, 0.2) is 0 Å². The summed E-state index contributed by atoms with van der Waals surface area (Å²) in [5.74, 6) is -0.0224. The van der Waals surface area contributed by atoms with Gasteiger partial charge in [-0.3, -0.25) is 9.59 Å². The predicted molar refractivity (Wildman–Crippen MR) is 283 cm³/mol. The molecule has 65 heavy (non-hydrogen) atoms. The van der Waals surface area contributed by atoms with Gasteiger partial charge in [-0.1, -0.05) is 276 Å². The second kappa shape index (κ2) is 55.2. The Balaban J connectivity index is 3.37. The Bertz CT molecular complexity index is 970. The van der Waals surface area contributed by atoms with Crippen molar-refractivity contribution in [3.63, 3.8) is 0 Å². The number of aliphatic hydroxyl groups excluding tert-OH is 2. The molecule has 6 heteroatoms. The average molecular weight is 919 g/mol. The molecule has 0 aliphatic heterocycles. The van der Waals surface area contributed by atoms with E-state index in [9.17, 15) is 19.8 Å². The van der Waals surface area contributed by atoms with E-state index >= 15 is 0 Å². The van der Waals surface area contributed by atoms with Crippen LogP contribution in [0, 0.1) is 0 Å². The molecule has 0 saturated heterocycles. The number of carbonyl (C=O) groups is 2. The largest absolute Gasteiger partial charge is 0.466 e. The third kappa shape index (κ3) is 51.8. The number of nitrogens with one attached hydrogen (secondary N) is 1.